The summed E-state index contributed by atoms with van der Waals surface area (Å²) in [6, 6.07) is 4.79. The zero-order valence-electron chi connectivity index (χ0n) is 15.6. The Hall–Kier alpha value is -2.28. The van der Waals surface area contributed by atoms with Gasteiger partial charge in [-0.2, -0.15) is 0 Å². The van der Waals surface area contributed by atoms with E-state index in [1.54, 1.807) is 18.2 Å². The fraction of sp³-hybridized carbons (Fsp3) is 0.579. The monoisotopic (exact) mass is 365 g/mol. The number of benzene rings is 1. The van der Waals surface area contributed by atoms with Gasteiger partial charge in [0.25, 0.3) is 5.91 Å². The van der Waals surface area contributed by atoms with Gasteiger partial charge in [-0.05, 0) is 37.0 Å². The average molecular weight is 365 g/mol. The molecule has 1 aliphatic heterocycles. The summed E-state index contributed by atoms with van der Waals surface area (Å²) >= 11 is 0. The molecule has 0 bridgehead atoms. The highest BCUT2D eigenvalue weighted by Gasteiger charge is 2.17. The molecule has 0 radical (unpaired) electrons. The summed E-state index contributed by atoms with van der Waals surface area (Å²) in [6.45, 7) is 5.47. The highest BCUT2D eigenvalue weighted by molar-refractivity contribution is 5.92. The molecule has 1 N–H and O–H groups in total. The zero-order valence-corrected chi connectivity index (χ0v) is 15.6. The van der Waals surface area contributed by atoms with Gasteiger partial charge in [0.15, 0.2) is 18.1 Å². The van der Waals surface area contributed by atoms with E-state index in [-0.39, 0.29) is 18.6 Å². The predicted molar refractivity (Wildman–Crippen MR) is 95.6 cm³/mol. The van der Waals surface area contributed by atoms with Gasteiger partial charge in [-0.25, -0.2) is 4.79 Å². The van der Waals surface area contributed by atoms with Gasteiger partial charge in [-0.1, -0.05) is 13.8 Å². The second kappa shape index (κ2) is 10.0. The Labute approximate surface area is 153 Å². The maximum Gasteiger partial charge on any atom is 0.338 e. The van der Waals surface area contributed by atoms with Crippen LogP contribution in [-0.2, 0) is 14.3 Å². The highest BCUT2D eigenvalue weighted by atomic mass is 16.5. The molecule has 7 heteroatoms. The van der Waals surface area contributed by atoms with Crippen LogP contribution in [-0.4, -0.2) is 51.5 Å². The van der Waals surface area contributed by atoms with Crippen LogP contribution in [0.2, 0.25) is 0 Å². The van der Waals surface area contributed by atoms with Crippen LogP contribution in [0.3, 0.4) is 0 Å². The molecule has 0 saturated carbocycles. The molecular formula is C19H27NO6. The fourth-order valence-corrected chi connectivity index (χ4v) is 2.47. The van der Waals surface area contributed by atoms with Gasteiger partial charge in [0.05, 0.1) is 25.4 Å². The maximum atomic E-state index is 12.1. The number of carbonyl (C=O) groups excluding carboxylic acids is 2. The molecule has 1 heterocycles. The molecule has 1 aromatic carbocycles. The Bertz CT molecular complexity index is 610. The van der Waals surface area contributed by atoms with Gasteiger partial charge in [-0.15, -0.1) is 0 Å². The number of carbonyl (C=O) groups is 2. The van der Waals surface area contributed by atoms with E-state index < -0.39 is 5.97 Å². The first kappa shape index (κ1) is 20.0. The lowest BCUT2D eigenvalue weighted by atomic mass is 10.2. The van der Waals surface area contributed by atoms with Gasteiger partial charge in [0, 0.05) is 13.2 Å². The number of hydrogen-bond acceptors (Lipinski definition) is 6. The summed E-state index contributed by atoms with van der Waals surface area (Å²) in [5.41, 5.74) is 0.297. The van der Waals surface area contributed by atoms with E-state index in [1.807, 2.05) is 13.8 Å². The van der Waals surface area contributed by atoms with Crippen LogP contribution in [0, 0.1) is 5.92 Å². The third kappa shape index (κ3) is 6.22. The molecule has 1 aromatic rings. The van der Waals surface area contributed by atoms with Crippen LogP contribution in [0.5, 0.6) is 11.5 Å². The van der Waals surface area contributed by atoms with Crippen LogP contribution in [0.1, 0.15) is 37.0 Å². The van der Waals surface area contributed by atoms with Crippen molar-refractivity contribution in [1.29, 1.82) is 0 Å². The highest BCUT2D eigenvalue weighted by Crippen LogP contribution is 2.28. The molecule has 0 aromatic heterocycles. The largest absolute Gasteiger partial charge is 0.493 e. The van der Waals surface area contributed by atoms with Crippen molar-refractivity contribution in [1.82, 2.24) is 5.32 Å². The minimum absolute atomic E-state index is 0.0531. The smallest absolute Gasteiger partial charge is 0.338 e. The van der Waals surface area contributed by atoms with Crippen molar-refractivity contribution in [3.63, 3.8) is 0 Å². The lowest BCUT2D eigenvalue weighted by Gasteiger charge is -2.13. The summed E-state index contributed by atoms with van der Waals surface area (Å²) in [5, 5.41) is 2.70. The SMILES string of the molecule is COc1cc(C(=O)OCC(=O)NC[C@@H]2CCCO2)ccc1OCC(C)C. The van der Waals surface area contributed by atoms with Gasteiger partial charge in [-0.3, -0.25) is 4.79 Å². The van der Waals surface area contributed by atoms with Crippen molar-refractivity contribution >= 4 is 11.9 Å². The zero-order chi connectivity index (χ0) is 18.9. The minimum Gasteiger partial charge on any atom is -0.493 e. The number of methoxy groups -OCH3 is 1. The number of hydrogen-bond donors (Lipinski definition) is 1. The molecule has 26 heavy (non-hydrogen) atoms. The molecule has 1 amide bonds. The second-order valence-corrected chi connectivity index (χ2v) is 6.59. The molecule has 1 atom stereocenters. The molecule has 0 unspecified atom stereocenters. The molecular weight excluding hydrogens is 338 g/mol. The molecule has 7 nitrogen and oxygen atoms in total. The Morgan fingerprint density at radius 2 is 2.12 bits per heavy atom. The molecule has 2 rings (SSSR count). The maximum absolute atomic E-state index is 12.1. The molecule has 1 saturated heterocycles. The summed E-state index contributed by atoms with van der Waals surface area (Å²) in [6.07, 6.45) is 2.00. The quantitative estimate of drug-likeness (QED) is 0.676. The van der Waals surface area contributed by atoms with E-state index >= 15 is 0 Å². The lowest BCUT2D eigenvalue weighted by Crippen LogP contribution is -2.34. The summed E-state index contributed by atoms with van der Waals surface area (Å²) < 4.78 is 21.4. The van der Waals surface area contributed by atoms with E-state index in [4.69, 9.17) is 18.9 Å². The van der Waals surface area contributed by atoms with E-state index in [2.05, 4.69) is 5.32 Å². The number of rotatable bonds is 9. The van der Waals surface area contributed by atoms with Gasteiger partial charge >= 0.3 is 5.97 Å². The van der Waals surface area contributed by atoms with Crippen LogP contribution in [0.4, 0.5) is 0 Å². The minimum atomic E-state index is -0.592. The first-order valence-electron chi connectivity index (χ1n) is 8.86. The number of nitrogens with one attached hydrogen (secondary N) is 1. The van der Waals surface area contributed by atoms with Crippen LogP contribution >= 0.6 is 0 Å². The van der Waals surface area contributed by atoms with E-state index in [0.717, 1.165) is 19.4 Å². The summed E-state index contributed by atoms with van der Waals surface area (Å²) in [5.74, 6) is 0.441. The van der Waals surface area contributed by atoms with Crippen LogP contribution < -0.4 is 14.8 Å². The Morgan fingerprint density at radius 3 is 2.77 bits per heavy atom. The van der Waals surface area contributed by atoms with Crippen molar-refractivity contribution in [2.24, 2.45) is 5.92 Å². The standard InChI is InChI=1S/C19H27NO6/c1-13(2)11-25-16-7-6-14(9-17(16)23-3)19(22)26-12-18(21)20-10-15-5-4-8-24-15/h6-7,9,13,15H,4-5,8,10-12H2,1-3H3,(H,20,21)/t15-/m0/s1. The fourth-order valence-electron chi connectivity index (χ4n) is 2.47. The van der Waals surface area contributed by atoms with Crippen molar-refractivity contribution in [3.05, 3.63) is 23.8 Å². The van der Waals surface area contributed by atoms with E-state index in [0.29, 0.717) is 36.1 Å². The Kier molecular flexibility index (Phi) is 7.72. The number of esters is 1. The van der Waals surface area contributed by atoms with Crippen molar-refractivity contribution in [3.8, 4) is 11.5 Å². The van der Waals surface area contributed by atoms with Crippen molar-refractivity contribution in [2.45, 2.75) is 32.8 Å². The van der Waals surface area contributed by atoms with Crippen LogP contribution in [0.25, 0.3) is 0 Å². The van der Waals surface area contributed by atoms with Crippen molar-refractivity contribution in [2.75, 3.05) is 33.5 Å². The summed E-state index contributed by atoms with van der Waals surface area (Å²) in [4.78, 5) is 23.9. The predicted octanol–water partition coefficient (Wildman–Crippen LogP) is 2.18. The first-order chi connectivity index (χ1) is 12.5. The normalized spacial score (nSPS) is 16.4. The van der Waals surface area contributed by atoms with Crippen LogP contribution in [0.15, 0.2) is 18.2 Å². The average Bonchev–Trinajstić information content (AvgIpc) is 3.16. The lowest BCUT2D eigenvalue weighted by molar-refractivity contribution is -0.124. The Morgan fingerprint density at radius 1 is 1.31 bits per heavy atom. The topological polar surface area (TPSA) is 83.1 Å². The van der Waals surface area contributed by atoms with Crippen molar-refractivity contribution < 1.29 is 28.5 Å². The van der Waals surface area contributed by atoms with E-state index in [9.17, 15) is 9.59 Å². The molecule has 144 valence electrons. The Balaban J connectivity index is 1.83. The first-order valence-corrected chi connectivity index (χ1v) is 8.86. The third-order valence-corrected chi connectivity index (χ3v) is 3.86. The molecule has 0 aliphatic carbocycles. The summed E-state index contributed by atoms with van der Waals surface area (Å²) in [7, 11) is 1.51. The molecule has 0 spiro atoms. The molecule has 1 aliphatic rings. The number of ether oxygens (including phenoxy) is 4. The van der Waals surface area contributed by atoms with E-state index in [1.165, 1.54) is 7.11 Å². The van der Waals surface area contributed by atoms with Gasteiger partial charge in [0.1, 0.15) is 0 Å². The number of amides is 1. The third-order valence-electron chi connectivity index (χ3n) is 3.86. The molecule has 1 fully saturated rings. The van der Waals surface area contributed by atoms with Gasteiger partial charge < -0.3 is 24.3 Å². The van der Waals surface area contributed by atoms with Gasteiger partial charge in [0.2, 0.25) is 0 Å². The second-order valence-electron chi connectivity index (χ2n) is 6.59.